The standard InChI is InChI=1S/C10H10N4O2S/c1-14-5-12-13-10(14)17-6-2-3-7(9(15)16)8(11)4-6/h2-5H,11H2,1H3,(H,15,16). The number of aromatic carboxylic acids is 1. The van der Waals surface area contributed by atoms with Gasteiger partial charge in [0.1, 0.15) is 6.33 Å². The van der Waals surface area contributed by atoms with E-state index >= 15 is 0 Å². The second-order valence-corrected chi connectivity index (χ2v) is 4.42. The van der Waals surface area contributed by atoms with Crippen LogP contribution in [0.2, 0.25) is 0 Å². The van der Waals surface area contributed by atoms with Gasteiger partial charge in [-0.05, 0) is 30.0 Å². The Balaban J connectivity index is 2.27. The molecule has 1 aromatic carbocycles. The summed E-state index contributed by atoms with van der Waals surface area (Å²) in [6.07, 6.45) is 1.59. The van der Waals surface area contributed by atoms with Crippen LogP contribution in [0.5, 0.6) is 0 Å². The molecule has 7 heteroatoms. The molecule has 0 radical (unpaired) electrons. The quantitative estimate of drug-likeness (QED) is 0.796. The van der Waals surface area contributed by atoms with Crippen molar-refractivity contribution in [2.24, 2.45) is 7.05 Å². The van der Waals surface area contributed by atoms with Crippen LogP contribution < -0.4 is 5.73 Å². The second-order valence-electron chi connectivity index (χ2n) is 3.38. The van der Waals surface area contributed by atoms with E-state index in [2.05, 4.69) is 10.2 Å². The van der Waals surface area contributed by atoms with E-state index < -0.39 is 5.97 Å². The highest BCUT2D eigenvalue weighted by atomic mass is 32.2. The topological polar surface area (TPSA) is 94.0 Å². The number of aryl methyl sites for hydroxylation is 1. The number of hydrogen-bond donors (Lipinski definition) is 2. The summed E-state index contributed by atoms with van der Waals surface area (Å²) in [5, 5.41) is 17.2. The smallest absolute Gasteiger partial charge is 0.337 e. The lowest BCUT2D eigenvalue weighted by Gasteiger charge is -2.04. The Morgan fingerprint density at radius 3 is 2.82 bits per heavy atom. The maximum Gasteiger partial charge on any atom is 0.337 e. The number of nitrogens with two attached hydrogens (primary N) is 1. The van der Waals surface area contributed by atoms with E-state index in [1.165, 1.54) is 17.8 Å². The van der Waals surface area contributed by atoms with Crippen LogP contribution in [0.4, 0.5) is 5.69 Å². The molecule has 17 heavy (non-hydrogen) atoms. The fraction of sp³-hybridized carbons (Fsp3) is 0.100. The van der Waals surface area contributed by atoms with Gasteiger partial charge < -0.3 is 15.4 Å². The van der Waals surface area contributed by atoms with Crippen molar-refractivity contribution in [3.05, 3.63) is 30.1 Å². The van der Waals surface area contributed by atoms with Crippen molar-refractivity contribution >= 4 is 23.4 Å². The molecule has 0 atom stereocenters. The maximum absolute atomic E-state index is 10.8. The minimum atomic E-state index is -1.03. The first-order valence-corrected chi connectivity index (χ1v) is 5.54. The average Bonchev–Trinajstić information content (AvgIpc) is 2.64. The number of nitrogen functional groups attached to an aromatic ring is 1. The van der Waals surface area contributed by atoms with Gasteiger partial charge in [-0.25, -0.2) is 4.79 Å². The summed E-state index contributed by atoms with van der Waals surface area (Å²) < 4.78 is 1.77. The molecule has 1 aromatic heterocycles. The van der Waals surface area contributed by atoms with Gasteiger partial charge in [0.15, 0.2) is 5.16 Å². The molecule has 0 saturated heterocycles. The highest BCUT2D eigenvalue weighted by Crippen LogP contribution is 2.28. The van der Waals surface area contributed by atoms with Crippen LogP contribution in [0.1, 0.15) is 10.4 Å². The first kappa shape index (κ1) is 11.5. The zero-order valence-electron chi connectivity index (χ0n) is 8.99. The zero-order chi connectivity index (χ0) is 12.4. The number of anilines is 1. The van der Waals surface area contributed by atoms with E-state index in [0.29, 0.717) is 5.16 Å². The van der Waals surface area contributed by atoms with Crippen molar-refractivity contribution in [2.75, 3.05) is 5.73 Å². The van der Waals surface area contributed by atoms with Crippen molar-refractivity contribution in [2.45, 2.75) is 10.1 Å². The van der Waals surface area contributed by atoms with Gasteiger partial charge in [0, 0.05) is 17.6 Å². The molecule has 0 bridgehead atoms. The molecule has 0 aliphatic heterocycles. The third kappa shape index (κ3) is 2.39. The molecule has 3 N–H and O–H groups in total. The Morgan fingerprint density at radius 2 is 2.29 bits per heavy atom. The van der Waals surface area contributed by atoms with Crippen molar-refractivity contribution in [3.8, 4) is 0 Å². The largest absolute Gasteiger partial charge is 0.478 e. The Labute approximate surface area is 101 Å². The van der Waals surface area contributed by atoms with Crippen LogP contribution in [-0.2, 0) is 7.05 Å². The van der Waals surface area contributed by atoms with Crippen molar-refractivity contribution < 1.29 is 9.90 Å². The summed E-state index contributed by atoms with van der Waals surface area (Å²) in [7, 11) is 1.83. The molecule has 0 unspecified atom stereocenters. The summed E-state index contributed by atoms with van der Waals surface area (Å²) in [6, 6.07) is 4.79. The average molecular weight is 250 g/mol. The van der Waals surface area contributed by atoms with Gasteiger partial charge in [-0.1, -0.05) is 0 Å². The van der Waals surface area contributed by atoms with Gasteiger partial charge in [0.05, 0.1) is 5.56 Å². The van der Waals surface area contributed by atoms with Crippen LogP contribution in [0, 0.1) is 0 Å². The van der Waals surface area contributed by atoms with Crippen LogP contribution in [0.25, 0.3) is 0 Å². The molecule has 0 aliphatic carbocycles. The number of hydrogen-bond acceptors (Lipinski definition) is 5. The molecule has 88 valence electrons. The van der Waals surface area contributed by atoms with E-state index in [9.17, 15) is 4.79 Å². The third-order valence-corrected chi connectivity index (χ3v) is 3.17. The predicted molar refractivity (Wildman–Crippen MR) is 62.9 cm³/mol. The highest BCUT2D eigenvalue weighted by molar-refractivity contribution is 7.99. The van der Waals surface area contributed by atoms with Crippen LogP contribution in [0.15, 0.2) is 34.6 Å². The van der Waals surface area contributed by atoms with Crippen molar-refractivity contribution in [3.63, 3.8) is 0 Å². The molecule has 2 rings (SSSR count). The summed E-state index contributed by atoms with van der Waals surface area (Å²) in [4.78, 5) is 11.6. The minimum absolute atomic E-state index is 0.104. The first-order chi connectivity index (χ1) is 8.08. The van der Waals surface area contributed by atoms with Gasteiger partial charge in [0.2, 0.25) is 0 Å². The van der Waals surface area contributed by atoms with Gasteiger partial charge >= 0.3 is 5.97 Å². The Bertz CT molecular complexity index is 567. The van der Waals surface area contributed by atoms with E-state index in [1.807, 2.05) is 7.05 Å². The fourth-order valence-corrected chi connectivity index (χ4v) is 2.08. The second kappa shape index (κ2) is 4.46. The fourth-order valence-electron chi connectivity index (χ4n) is 1.27. The van der Waals surface area contributed by atoms with Gasteiger partial charge in [-0.15, -0.1) is 10.2 Å². The minimum Gasteiger partial charge on any atom is -0.478 e. The number of benzene rings is 1. The van der Waals surface area contributed by atoms with Crippen LogP contribution in [-0.4, -0.2) is 25.8 Å². The highest BCUT2D eigenvalue weighted by Gasteiger charge is 2.10. The SMILES string of the molecule is Cn1cnnc1Sc1ccc(C(=O)O)c(N)c1. The summed E-state index contributed by atoms with van der Waals surface area (Å²) >= 11 is 1.37. The molecule has 0 aliphatic rings. The Morgan fingerprint density at radius 1 is 1.53 bits per heavy atom. The number of aromatic nitrogens is 3. The van der Waals surface area contributed by atoms with Gasteiger partial charge in [-0.3, -0.25) is 0 Å². The lowest BCUT2D eigenvalue weighted by molar-refractivity contribution is 0.0698. The van der Waals surface area contributed by atoms with E-state index in [0.717, 1.165) is 4.90 Å². The van der Waals surface area contributed by atoms with Gasteiger partial charge in [0.25, 0.3) is 0 Å². The Hall–Kier alpha value is -2.02. The number of carbonyl (C=O) groups is 1. The summed E-state index contributed by atoms with van der Waals surface area (Å²) in [5.41, 5.74) is 6.00. The van der Waals surface area contributed by atoms with Gasteiger partial charge in [-0.2, -0.15) is 0 Å². The number of rotatable bonds is 3. The molecular formula is C10H10N4O2S. The number of carboxylic acid groups (broad SMARTS) is 1. The van der Waals surface area contributed by atoms with Crippen LogP contribution in [0.3, 0.4) is 0 Å². The predicted octanol–water partition coefficient (Wildman–Crippen LogP) is 1.25. The molecule has 0 fully saturated rings. The number of carboxylic acids is 1. The van der Waals surface area contributed by atoms with E-state index in [4.69, 9.17) is 10.8 Å². The normalized spacial score (nSPS) is 10.4. The molecule has 2 aromatic rings. The van der Waals surface area contributed by atoms with Crippen molar-refractivity contribution in [1.29, 1.82) is 0 Å². The van der Waals surface area contributed by atoms with Crippen molar-refractivity contribution in [1.82, 2.24) is 14.8 Å². The van der Waals surface area contributed by atoms with Crippen LogP contribution >= 0.6 is 11.8 Å². The lowest BCUT2D eigenvalue weighted by Crippen LogP contribution is -2.02. The Kier molecular flexibility index (Phi) is 3.01. The number of nitrogens with zero attached hydrogens (tertiary/aromatic N) is 3. The van der Waals surface area contributed by atoms with E-state index in [-0.39, 0.29) is 11.3 Å². The monoisotopic (exact) mass is 250 g/mol. The molecule has 0 spiro atoms. The third-order valence-electron chi connectivity index (χ3n) is 2.13. The molecule has 1 heterocycles. The summed E-state index contributed by atoms with van der Waals surface area (Å²) in [5.74, 6) is -1.03. The molecular weight excluding hydrogens is 240 g/mol. The molecule has 0 amide bonds. The molecule has 0 saturated carbocycles. The summed E-state index contributed by atoms with van der Waals surface area (Å²) in [6.45, 7) is 0. The first-order valence-electron chi connectivity index (χ1n) is 4.72. The zero-order valence-corrected chi connectivity index (χ0v) is 9.81. The van der Waals surface area contributed by atoms with E-state index in [1.54, 1.807) is 23.0 Å². The molecule has 6 nitrogen and oxygen atoms in total. The lowest BCUT2D eigenvalue weighted by atomic mass is 10.2. The maximum atomic E-state index is 10.8.